The van der Waals surface area contributed by atoms with E-state index in [4.69, 9.17) is 5.26 Å². The van der Waals surface area contributed by atoms with Crippen molar-refractivity contribution in [3.05, 3.63) is 53.6 Å². The maximum atomic E-state index is 12.9. The number of hydrogen-bond donors (Lipinski definition) is 2. The van der Waals surface area contributed by atoms with Crippen molar-refractivity contribution in [1.29, 1.82) is 5.26 Å². The van der Waals surface area contributed by atoms with Crippen LogP contribution in [0.25, 0.3) is 0 Å². The van der Waals surface area contributed by atoms with E-state index in [1.165, 1.54) is 28.6 Å². The first kappa shape index (κ1) is 23.4. The number of anilines is 2. The van der Waals surface area contributed by atoms with Gasteiger partial charge in [-0.3, -0.25) is 9.59 Å². The first-order valence-corrected chi connectivity index (χ1v) is 11.9. The van der Waals surface area contributed by atoms with Crippen molar-refractivity contribution >= 4 is 33.2 Å². The Morgan fingerprint density at radius 1 is 1.09 bits per heavy atom. The molecule has 32 heavy (non-hydrogen) atoms. The topological polar surface area (TPSA) is 119 Å². The first-order chi connectivity index (χ1) is 15.2. The summed E-state index contributed by atoms with van der Waals surface area (Å²) < 4.78 is 27.1. The summed E-state index contributed by atoms with van der Waals surface area (Å²) in [6.07, 6.45) is 1.18. The molecule has 0 saturated carbocycles. The highest BCUT2D eigenvalue weighted by Crippen LogP contribution is 2.27. The number of sulfonamides is 1. The third kappa shape index (κ3) is 5.33. The van der Waals surface area contributed by atoms with Gasteiger partial charge in [0, 0.05) is 36.8 Å². The Morgan fingerprint density at radius 3 is 2.34 bits per heavy atom. The van der Waals surface area contributed by atoms with Gasteiger partial charge in [-0.2, -0.15) is 9.57 Å². The van der Waals surface area contributed by atoms with E-state index < -0.39 is 10.0 Å². The summed E-state index contributed by atoms with van der Waals surface area (Å²) in [6, 6.07) is 13.1. The molecule has 2 aromatic rings. The third-order valence-electron chi connectivity index (χ3n) is 5.55. The summed E-state index contributed by atoms with van der Waals surface area (Å²) in [5, 5.41) is 14.6. The summed E-state index contributed by atoms with van der Waals surface area (Å²) in [4.78, 5) is 24.6. The Balaban J connectivity index is 1.62. The van der Waals surface area contributed by atoms with Gasteiger partial charge < -0.3 is 10.6 Å². The number of benzene rings is 2. The quantitative estimate of drug-likeness (QED) is 0.694. The molecule has 1 aliphatic rings. The number of carbonyl (C=O) groups excluding carboxylic acids is 2. The van der Waals surface area contributed by atoms with Gasteiger partial charge in [0.2, 0.25) is 21.8 Å². The Labute approximate surface area is 188 Å². The van der Waals surface area contributed by atoms with Gasteiger partial charge >= 0.3 is 0 Å². The number of nitrogens with zero attached hydrogens (tertiary/aromatic N) is 2. The van der Waals surface area contributed by atoms with Crippen molar-refractivity contribution in [2.24, 2.45) is 5.92 Å². The van der Waals surface area contributed by atoms with Crippen molar-refractivity contribution in [1.82, 2.24) is 4.31 Å². The molecule has 2 N–H and O–H groups in total. The zero-order chi connectivity index (χ0) is 23.3. The fourth-order valence-corrected chi connectivity index (χ4v) is 5.00. The number of nitrogens with one attached hydrogen (secondary N) is 2. The van der Waals surface area contributed by atoms with Gasteiger partial charge in [0.05, 0.1) is 16.5 Å². The van der Waals surface area contributed by atoms with Crippen LogP contribution in [-0.4, -0.2) is 37.6 Å². The summed E-state index contributed by atoms with van der Waals surface area (Å²) in [7, 11) is -3.67. The Hall–Kier alpha value is -3.22. The lowest BCUT2D eigenvalue weighted by Crippen LogP contribution is -2.41. The van der Waals surface area contributed by atoms with Crippen molar-refractivity contribution in [2.45, 2.75) is 38.0 Å². The van der Waals surface area contributed by atoms with E-state index in [-0.39, 0.29) is 35.7 Å². The molecular weight excluding hydrogens is 428 g/mol. The first-order valence-electron chi connectivity index (χ1n) is 10.5. The molecule has 8 nitrogen and oxygen atoms in total. The van der Waals surface area contributed by atoms with Crippen LogP contribution in [0.15, 0.2) is 47.4 Å². The summed E-state index contributed by atoms with van der Waals surface area (Å²) >= 11 is 0. The molecule has 0 spiro atoms. The molecule has 0 unspecified atom stereocenters. The fraction of sp³-hybridized carbons (Fsp3) is 0.348. The predicted octanol–water partition coefficient (Wildman–Crippen LogP) is 3.25. The molecule has 1 saturated heterocycles. The second-order valence-electron chi connectivity index (χ2n) is 7.74. The van der Waals surface area contributed by atoms with Gasteiger partial charge in [-0.1, -0.05) is 13.0 Å². The van der Waals surface area contributed by atoms with E-state index in [0.29, 0.717) is 36.2 Å². The van der Waals surface area contributed by atoms with E-state index in [1.807, 2.05) is 19.1 Å². The molecule has 3 rings (SSSR count). The molecule has 2 aromatic carbocycles. The van der Waals surface area contributed by atoms with E-state index in [9.17, 15) is 18.0 Å². The highest BCUT2D eigenvalue weighted by Gasteiger charge is 2.32. The lowest BCUT2D eigenvalue weighted by atomic mass is 9.97. The second-order valence-corrected chi connectivity index (χ2v) is 9.67. The summed E-state index contributed by atoms with van der Waals surface area (Å²) in [5.74, 6) is -0.583. The smallest absolute Gasteiger partial charge is 0.243 e. The van der Waals surface area contributed by atoms with Crippen LogP contribution >= 0.6 is 0 Å². The minimum absolute atomic E-state index is 0.109. The normalized spacial score (nSPS) is 15.0. The number of piperidine rings is 1. The van der Waals surface area contributed by atoms with Crippen LogP contribution in [0.2, 0.25) is 0 Å². The average Bonchev–Trinajstić information content (AvgIpc) is 2.81. The van der Waals surface area contributed by atoms with Crippen LogP contribution in [0.3, 0.4) is 0 Å². The van der Waals surface area contributed by atoms with Gasteiger partial charge in [-0.15, -0.1) is 0 Å². The Kier molecular flexibility index (Phi) is 7.28. The number of aryl methyl sites for hydroxylation is 1. The van der Waals surface area contributed by atoms with E-state index >= 15 is 0 Å². The lowest BCUT2D eigenvalue weighted by Gasteiger charge is -2.30. The maximum Gasteiger partial charge on any atom is 0.243 e. The van der Waals surface area contributed by atoms with E-state index in [1.54, 1.807) is 19.1 Å². The third-order valence-corrected chi connectivity index (χ3v) is 7.46. The van der Waals surface area contributed by atoms with Gasteiger partial charge in [-0.05, 0) is 61.7 Å². The molecule has 168 valence electrons. The number of amides is 2. The molecule has 0 aromatic heterocycles. The average molecular weight is 455 g/mol. The van der Waals surface area contributed by atoms with Gasteiger partial charge in [0.1, 0.15) is 0 Å². The van der Waals surface area contributed by atoms with Gasteiger partial charge in [0.25, 0.3) is 0 Å². The van der Waals surface area contributed by atoms with Crippen molar-refractivity contribution < 1.29 is 18.0 Å². The highest BCUT2D eigenvalue weighted by molar-refractivity contribution is 7.89. The SMILES string of the molecule is CCC(=O)Nc1ccc(C)c(NC(=O)C2CCN(S(=O)(=O)c3ccc(C#N)cc3)CC2)c1. The van der Waals surface area contributed by atoms with Crippen LogP contribution in [-0.2, 0) is 19.6 Å². The summed E-state index contributed by atoms with van der Waals surface area (Å²) in [6.45, 7) is 4.12. The molecule has 0 bridgehead atoms. The van der Waals surface area contributed by atoms with Crippen molar-refractivity contribution in [3.8, 4) is 6.07 Å². The van der Waals surface area contributed by atoms with E-state index in [2.05, 4.69) is 10.6 Å². The van der Waals surface area contributed by atoms with Crippen molar-refractivity contribution in [2.75, 3.05) is 23.7 Å². The Morgan fingerprint density at radius 2 is 1.75 bits per heavy atom. The molecule has 1 fully saturated rings. The van der Waals surface area contributed by atoms with Crippen LogP contribution in [0.4, 0.5) is 11.4 Å². The number of nitriles is 1. The minimum atomic E-state index is -3.67. The number of rotatable bonds is 6. The molecular formula is C23H26N4O4S. The standard InChI is InChI=1S/C23H26N4O4S/c1-3-22(28)25-19-7-4-16(2)21(14-19)26-23(29)18-10-12-27(13-11-18)32(30,31)20-8-5-17(15-24)6-9-20/h4-9,14,18H,3,10-13H2,1-2H3,(H,25,28)(H,26,29). The molecule has 1 aliphatic heterocycles. The molecule has 9 heteroatoms. The number of carbonyl (C=O) groups is 2. The zero-order valence-electron chi connectivity index (χ0n) is 18.1. The second kappa shape index (κ2) is 9.94. The molecule has 2 amide bonds. The largest absolute Gasteiger partial charge is 0.326 e. The molecule has 0 atom stereocenters. The molecule has 0 radical (unpaired) electrons. The van der Waals surface area contributed by atoms with Crippen LogP contribution in [0.5, 0.6) is 0 Å². The monoisotopic (exact) mass is 454 g/mol. The van der Waals surface area contributed by atoms with Crippen LogP contribution in [0.1, 0.15) is 37.3 Å². The molecule has 1 heterocycles. The zero-order valence-corrected chi connectivity index (χ0v) is 18.9. The van der Waals surface area contributed by atoms with Crippen LogP contribution < -0.4 is 10.6 Å². The lowest BCUT2D eigenvalue weighted by molar-refractivity contribution is -0.121. The number of hydrogen-bond acceptors (Lipinski definition) is 5. The van der Waals surface area contributed by atoms with E-state index in [0.717, 1.165) is 5.56 Å². The minimum Gasteiger partial charge on any atom is -0.326 e. The highest BCUT2D eigenvalue weighted by atomic mass is 32.2. The predicted molar refractivity (Wildman–Crippen MR) is 121 cm³/mol. The fourth-order valence-electron chi connectivity index (χ4n) is 3.53. The summed E-state index contributed by atoms with van der Waals surface area (Å²) in [5.41, 5.74) is 2.50. The maximum absolute atomic E-state index is 12.9. The molecule has 0 aliphatic carbocycles. The van der Waals surface area contributed by atoms with Crippen molar-refractivity contribution in [3.63, 3.8) is 0 Å². The van der Waals surface area contributed by atoms with Gasteiger partial charge in [0.15, 0.2) is 0 Å². The Bertz CT molecular complexity index is 1150. The van der Waals surface area contributed by atoms with Gasteiger partial charge in [-0.25, -0.2) is 8.42 Å². The van der Waals surface area contributed by atoms with Crippen LogP contribution in [0, 0.1) is 24.2 Å².